The molecule has 0 fully saturated rings. The van der Waals surface area contributed by atoms with E-state index in [1.165, 1.54) is 29.2 Å². The maximum atomic E-state index is 13.7. The molecule has 5 aromatic rings. The monoisotopic (exact) mass is 571 g/mol. The van der Waals surface area contributed by atoms with Crippen LogP contribution in [0.4, 0.5) is 10.7 Å². The molecule has 0 aliphatic heterocycles. The van der Waals surface area contributed by atoms with Crippen molar-refractivity contribution in [3.8, 4) is 17.2 Å². The van der Waals surface area contributed by atoms with Gasteiger partial charge in [-0.2, -0.15) is 5.26 Å². The van der Waals surface area contributed by atoms with Crippen molar-refractivity contribution in [2.45, 2.75) is 10.1 Å². The van der Waals surface area contributed by atoms with E-state index in [1.807, 2.05) is 121 Å². The van der Waals surface area contributed by atoms with Crippen molar-refractivity contribution in [2.24, 2.45) is 0 Å². The van der Waals surface area contributed by atoms with Crippen LogP contribution in [-0.4, -0.2) is 11.8 Å². The summed E-state index contributed by atoms with van der Waals surface area (Å²) in [6, 6.07) is 38.5. The first-order valence-corrected chi connectivity index (χ1v) is 14.6. The fraction of sp³-hybridized carbons (Fsp3) is 0.0294. The molecule has 1 aromatic heterocycles. The number of thiophene rings is 1. The third-order valence-corrected chi connectivity index (χ3v) is 8.29. The minimum atomic E-state index is -0.589. The lowest BCUT2D eigenvalue weighted by Gasteiger charge is -2.17. The van der Waals surface area contributed by atoms with Gasteiger partial charge in [0.25, 0.3) is 0 Å². The molecule has 200 valence electrons. The molecule has 5 nitrogen and oxygen atoms in total. The fourth-order valence-electron chi connectivity index (χ4n) is 4.17. The Kier molecular flexibility index (Phi) is 9.07. The fourth-order valence-corrected chi connectivity index (χ4v) is 6.18. The van der Waals surface area contributed by atoms with Gasteiger partial charge in [-0.05, 0) is 41.0 Å². The summed E-state index contributed by atoms with van der Waals surface area (Å²) in [6.45, 7) is 0. The number of anilines is 2. The van der Waals surface area contributed by atoms with Gasteiger partial charge >= 0.3 is 0 Å². The van der Waals surface area contributed by atoms with Gasteiger partial charge in [0.2, 0.25) is 11.8 Å². The van der Waals surface area contributed by atoms with Crippen LogP contribution in [0.5, 0.6) is 0 Å². The lowest BCUT2D eigenvalue weighted by molar-refractivity contribution is -0.116. The van der Waals surface area contributed by atoms with Crippen LogP contribution in [-0.2, 0) is 9.59 Å². The molecule has 2 amide bonds. The lowest BCUT2D eigenvalue weighted by atomic mass is 10.1. The summed E-state index contributed by atoms with van der Waals surface area (Å²) in [6.07, 6.45) is 3.25. The van der Waals surface area contributed by atoms with Crippen molar-refractivity contribution in [1.82, 2.24) is 0 Å². The number of carbonyl (C=O) groups excluding carboxylic acids is 2. The van der Waals surface area contributed by atoms with Crippen LogP contribution in [0.15, 0.2) is 132 Å². The predicted octanol–water partition coefficient (Wildman–Crippen LogP) is 8.41. The third kappa shape index (κ3) is 7.20. The van der Waals surface area contributed by atoms with Gasteiger partial charge in [0.15, 0.2) is 0 Å². The summed E-state index contributed by atoms with van der Waals surface area (Å²) in [5.74, 6) is -0.483. The molecule has 0 bridgehead atoms. The van der Waals surface area contributed by atoms with E-state index in [1.54, 1.807) is 6.08 Å². The Balaban J connectivity index is 1.34. The standard InChI is InChI=1S/C34H25N3O2S2/c35-22-29-30(25-13-6-2-7-14-25)23-40-34(29)37-33(39)32(26-15-8-3-9-16-26)41-28-18-10-17-27(21-28)36-31(38)20-19-24-11-4-1-5-12-24/h1-21,23,32H,(H,36,38)(H,37,39)/b20-19+. The summed E-state index contributed by atoms with van der Waals surface area (Å²) in [5, 5.41) is 17.6. The number of nitrogens with one attached hydrogen (secondary N) is 2. The zero-order chi connectivity index (χ0) is 28.4. The Hall–Kier alpha value is -4.90. The third-order valence-electron chi connectivity index (χ3n) is 6.15. The van der Waals surface area contributed by atoms with Crippen molar-refractivity contribution in [3.63, 3.8) is 0 Å². The molecule has 1 heterocycles. The van der Waals surface area contributed by atoms with Crippen LogP contribution >= 0.6 is 23.1 Å². The molecule has 41 heavy (non-hydrogen) atoms. The van der Waals surface area contributed by atoms with Gasteiger partial charge in [-0.3, -0.25) is 9.59 Å². The second kappa shape index (κ2) is 13.4. The van der Waals surface area contributed by atoms with Gasteiger partial charge in [-0.15, -0.1) is 23.1 Å². The second-order valence-corrected chi connectivity index (χ2v) is 11.0. The van der Waals surface area contributed by atoms with E-state index in [-0.39, 0.29) is 11.8 Å². The number of rotatable bonds is 9. The molecule has 0 radical (unpaired) electrons. The number of thioether (sulfide) groups is 1. The highest BCUT2D eigenvalue weighted by Gasteiger charge is 2.25. The topological polar surface area (TPSA) is 82.0 Å². The molecular formula is C34H25N3O2S2. The van der Waals surface area contributed by atoms with Gasteiger partial charge in [0.1, 0.15) is 16.3 Å². The maximum absolute atomic E-state index is 13.7. The number of benzene rings is 4. The molecule has 4 aromatic carbocycles. The molecule has 2 N–H and O–H groups in total. The van der Waals surface area contributed by atoms with Gasteiger partial charge in [0.05, 0.1) is 5.56 Å². The Morgan fingerprint density at radius 1 is 0.829 bits per heavy atom. The molecule has 0 saturated carbocycles. The lowest BCUT2D eigenvalue weighted by Crippen LogP contribution is -2.19. The largest absolute Gasteiger partial charge is 0.322 e. The number of nitrogens with zero attached hydrogens (tertiary/aromatic N) is 1. The highest BCUT2D eigenvalue weighted by Crippen LogP contribution is 2.40. The van der Waals surface area contributed by atoms with E-state index in [0.717, 1.165) is 27.1 Å². The highest BCUT2D eigenvalue weighted by molar-refractivity contribution is 8.00. The van der Waals surface area contributed by atoms with Crippen molar-refractivity contribution in [1.29, 1.82) is 5.26 Å². The molecular weight excluding hydrogens is 547 g/mol. The summed E-state index contributed by atoms with van der Waals surface area (Å²) in [5.41, 5.74) is 4.55. The first kappa shape index (κ1) is 27.7. The normalized spacial score (nSPS) is 11.5. The van der Waals surface area contributed by atoms with Crippen LogP contribution in [0.25, 0.3) is 17.2 Å². The van der Waals surface area contributed by atoms with Crippen molar-refractivity contribution in [3.05, 3.63) is 143 Å². The van der Waals surface area contributed by atoms with Crippen LogP contribution in [0.2, 0.25) is 0 Å². The van der Waals surface area contributed by atoms with Gasteiger partial charge in [-0.1, -0.05) is 97.1 Å². The second-order valence-electron chi connectivity index (χ2n) is 8.99. The zero-order valence-corrected chi connectivity index (χ0v) is 23.5. The Morgan fingerprint density at radius 2 is 1.51 bits per heavy atom. The summed E-state index contributed by atoms with van der Waals surface area (Å²) in [7, 11) is 0. The Bertz CT molecular complexity index is 1710. The van der Waals surface area contributed by atoms with E-state index < -0.39 is 5.25 Å². The minimum absolute atomic E-state index is 0.237. The van der Waals surface area contributed by atoms with E-state index in [9.17, 15) is 14.9 Å². The molecule has 1 atom stereocenters. The Labute approximate surface area is 247 Å². The molecule has 0 saturated heterocycles. The molecule has 7 heteroatoms. The van der Waals surface area contributed by atoms with E-state index >= 15 is 0 Å². The Morgan fingerprint density at radius 3 is 2.22 bits per heavy atom. The number of hydrogen-bond acceptors (Lipinski definition) is 5. The van der Waals surface area contributed by atoms with Gasteiger partial charge in [0, 0.05) is 27.6 Å². The van der Waals surface area contributed by atoms with Gasteiger partial charge in [-0.25, -0.2) is 0 Å². The molecule has 0 aliphatic carbocycles. The first-order valence-electron chi connectivity index (χ1n) is 12.8. The zero-order valence-electron chi connectivity index (χ0n) is 21.9. The van der Waals surface area contributed by atoms with Crippen molar-refractivity contribution in [2.75, 3.05) is 10.6 Å². The van der Waals surface area contributed by atoms with E-state index in [4.69, 9.17) is 0 Å². The van der Waals surface area contributed by atoms with Crippen LogP contribution < -0.4 is 10.6 Å². The average molecular weight is 572 g/mol. The first-order chi connectivity index (χ1) is 20.1. The van der Waals surface area contributed by atoms with Crippen molar-refractivity contribution < 1.29 is 9.59 Å². The van der Waals surface area contributed by atoms with E-state index in [2.05, 4.69) is 16.7 Å². The molecule has 5 rings (SSSR count). The number of nitriles is 1. The van der Waals surface area contributed by atoms with Crippen molar-refractivity contribution >= 4 is 51.7 Å². The summed E-state index contributed by atoms with van der Waals surface area (Å²) in [4.78, 5) is 27.0. The molecule has 1 unspecified atom stereocenters. The quantitative estimate of drug-likeness (QED) is 0.137. The van der Waals surface area contributed by atoms with Crippen LogP contribution in [0.3, 0.4) is 0 Å². The highest BCUT2D eigenvalue weighted by atomic mass is 32.2. The number of amides is 2. The van der Waals surface area contributed by atoms with Crippen LogP contribution in [0.1, 0.15) is 21.9 Å². The molecule has 0 aliphatic rings. The predicted molar refractivity (Wildman–Crippen MR) is 169 cm³/mol. The number of hydrogen-bond donors (Lipinski definition) is 2. The smallest absolute Gasteiger partial charge is 0.248 e. The average Bonchev–Trinajstić information content (AvgIpc) is 3.42. The maximum Gasteiger partial charge on any atom is 0.248 e. The van der Waals surface area contributed by atoms with E-state index in [0.29, 0.717) is 16.3 Å². The SMILES string of the molecule is N#Cc1c(-c2ccccc2)csc1NC(=O)C(Sc1cccc(NC(=O)/C=C/c2ccccc2)c1)c1ccccc1. The van der Waals surface area contributed by atoms with Crippen LogP contribution in [0, 0.1) is 11.3 Å². The summed E-state index contributed by atoms with van der Waals surface area (Å²) >= 11 is 2.72. The number of carbonyl (C=O) groups is 2. The minimum Gasteiger partial charge on any atom is -0.322 e. The van der Waals surface area contributed by atoms with Gasteiger partial charge < -0.3 is 10.6 Å². The summed E-state index contributed by atoms with van der Waals surface area (Å²) < 4.78 is 0. The molecule has 0 spiro atoms.